The summed E-state index contributed by atoms with van der Waals surface area (Å²) in [5, 5.41) is 14.4. The minimum atomic E-state index is -0.680. The normalized spacial score (nSPS) is 12.1. The highest BCUT2D eigenvalue weighted by atomic mass is 32.1. The van der Waals surface area contributed by atoms with E-state index in [1.165, 1.54) is 0 Å². The molecule has 1 rings (SSSR count). The van der Waals surface area contributed by atoms with E-state index in [0.717, 1.165) is 5.69 Å². The summed E-state index contributed by atoms with van der Waals surface area (Å²) in [6.45, 7) is 0.410. The lowest BCUT2D eigenvalue weighted by atomic mass is 10.3. The number of hydrogen-bond donors (Lipinski definition) is 2. The van der Waals surface area contributed by atoms with Gasteiger partial charge in [-0.3, -0.25) is 0 Å². The van der Waals surface area contributed by atoms with E-state index < -0.39 is 6.10 Å². The van der Waals surface area contributed by atoms with E-state index >= 15 is 0 Å². The quantitative estimate of drug-likeness (QED) is 0.686. The zero-order chi connectivity index (χ0) is 8.81. The van der Waals surface area contributed by atoms with Crippen molar-refractivity contribution in [3.8, 4) is 0 Å². The Morgan fingerprint density at radius 3 is 2.67 bits per heavy atom. The van der Waals surface area contributed by atoms with Crippen LogP contribution in [0.25, 0.3) is 0 Å². The van der Waals surface area contributed by atoms with Gasteiger partial charge >= 0.3 is 0 Å². The molecule has 0 aliphatic rings. The first-order valence-electron chi connectivity index (χ1n) is 3.67. The monoisotopic (exact) mass is 180 g/mol. The predicted octanol–water partition coefficient (Wildman–Crippen LogP) is 1.34. The van der Waals surface area contributed by atoms with Crippen LogP contribution in [0.5, 0.6) is 0 Å². The SMILES string of the molecule is OC([C]=S)CNc1ccccc1. The fourth-order valence-electron chi connectivity index (χ4n) is 0.812. The molecule has 0 amide bonds. The highest BCUT2D eigenvalue weighted by Crippen LogP contribution is 2.03. The molecule has 0 aromatic heterocycles. The van der Waals surface area contributed by atoms with Crippen molar-refractivity contribution >= 4 is 23.3 Å². The van der Waals surface area contributed by atoms with Crippen LogP contribution in [0.2, 0.25) is 0 Å². The van der Waals surface area contributed by atoms with Gasteiger partial charge < -0.3 is 10.4 Å². The number of aliphatic hydroxyl groups excluding tert-OH is 1. The number of hydrogen-bond acceptors (Lipinski definition) is 3. The van der Waals surface area contributed by atoms with Crippen molar-refractivity contribution in [2.24, 2.45) is 0 Å². The van der Waals surface area contributed by atoms with Gasteiger partial charge in [-0.25, -0.2) is 0 Å². The van der Waals surface area contributed by atoms with Crippen LogP contribution in [-0.4, -0.2) is 23.1 Å². The second-order valence-corrected chi connectivity index (χ2v) is 2.62. The lowest BCUT2D eigenvalue weighted by molar-refractivity contribution is 0.261. The standard InChI is InChI=1S/C9H10NOS/c11-9(7-12)6-10-8-4-2-1-3-5-8/h1-5,9-11H,6H2. The number of anilines is 1. The highest BCUT2D eigenvalue weighted by Gasteiger charge is 1.97. The minimum absolute atomic E-state index is 0.410. The van der Waals surface area contributed by atoms with E-state index in [2.05, 4.69) is 22.9 Å². The van der Waals surface area contributed by atoms with Crippen LogP contribution in [0.4, 0.5) is 5.69 Å². The first kappa shape index (κ1) is 9.16. The van der Waals surface area contributed by atoms with Crippen molar-refractivity contribution < 1.29 is 5.11 Å². The largest absolute Gasteiger partial charge is 0.386 e. The summed E-state index contributed by atoms with van der Waals surface area (Å²) < 4.78 is 0. The molecule has 2 N–H and O–H groups in total. The maximum absolute atomic E-state index is 9.04. The second kappa shape index (κ2) is 4.85. The fraction of sp³-hybridized carbons (Fsp3) is 0.222. The maximum Gasteiger partial charge on any atom is 0.107 e. The van der Waals surface area contributed by atoms with Gasteiger partial charge in [0.1, 0.15) is 6.10 Å². The van der Waals surface area contributed by atoms with Crippen molar-refractivity contribution in [3.63, 3.8) is 0 Å². The smallest absolute Gasteiger partial charge is 0.107 e. The molecule has 12 heavy (non-hydrogen) atoms. The van der Waals surface area contributed by atoms with Gasteiger partial charge in [-0.05, 0) is 12.1 Å². The zero-order valence-electron chi connectivity index (χ0n) is 6.53. The summed E-state index contributed by atoms with van der Waals surface area (Å²) in [5.74, 6) is 0. The van der Waals surface area contributed by atoms with Gasteiger partial charge in [-0.2, -0.15) is 0 Å². The Balaban J connectivity index is 2.38. The number of aliphatic hydroxyl groups is 1. The Labute approximate surface area is 77.2 Å². The molecule has 1 aromatic rings. The Bertz CT molecular complexity index is 238. The average molecular weight is 180 g/mol. The molecule has 0 saturated carbocycles. The van der Waals surface area contributed by atoms with E-state index in [9.17, 15) is 0 Å². The number of benzene rings is 1. The Morgan fingerprint density at radius 1 is 1.42 bits per heavy atom. The van der Waals surface area contributed by atoms with Gasteiger partial charge in [0.2, 0.25) is 0 Å². The van der Waals surface area contributed by atoms with Gasteiger partial charge in [0, 0.05) is 12.2 Å². The fourth-order valence-corrected chi connectivity index (χ4v) is 0.896. The molecule has 3 heteroatoms. The van der Waals surface area contributed by atoms with E-state index in [1.54, 1.807) is 0 Å². The molecule has 1 atom stereocenters. The van der Waals surface area contributed by atoms with Gasteiger partial charge in [0.25, 0.3) is 0 Å². The van der Waals surface area contributed by atoms with Crippen LogP contribution in [0.1, 0.15) is 0 Å². The van der Waals surface area contributed by atoms with Gasteiger partial charge in [-0.1, -0.05) is 30.4 Å². The Kier molecular flexibility index (Phi) is 3.70. The highest BCUT2D eigenvalue weighted by molar-refractivity contribution is 7.79. The van der Waals surface area contributed by atoms with Crippen molar-refractivity contribution in [1.82, 2.24) is 0 Å². The van der Waals surface area contributed by atoms with Crippen LogP contribution in [0.15, 0.2) is 30.3 Å². The van der Waals surface area contributed by atoms with E-state index in [0.29, 0.717) is 6.54 Å². The van der Waals surface area contributed by atoms with E-state index in [4.69, 9.17) is 5.11 Å². The molecule has 1 aromatic carbocycles. The van der Waals surface area contributed by atoms with Crippen LogP contribution < -0.4 is 5.32 Å². The average Bonchev–Trinajstić information content (AvgIpc) is 2.16. The van der Waals surface area contributed by atoms with Gasteiger partial charge in [0.05, 0.1) is 5.37 Å². The molecule has 0 bridgehead atoms. The third-order valence-corrected chi connectivity index (χ3v) is 1.68. The minimum Gasteiger partial charge on any atom is -0.386 e. The van der Waals surface area contributed by atoms with E-state index in [1.807, 2.05) is 30.3 Å². The summed E-state index contributed by atoms with van der Waals surface area (Å²) in [5.41, 5.74) is 0.974. The molecule has 1 radical (unpaired) electrons. The molecule has 0 saturated heterocycles. The first-order chi connectivity index (χ1) is 5.83. The van der Waals surface area contributed by atoms with Crippen LogP contribution >= 0.6 is 12.2 Å². The maximum atomic E-state index is 9.04. The van der Waals surface area contributed by atoms with Crippen LogP contribution in [0, 0.1) is 0 Å². The van der Waals surface area contributed by atoms with E-state index in [-0.39, 0.29) is 0 Å². The Hall–Kier alpha value is -0.930. The summed E-state index contributed by atoms with van der Waals surface area (Å²) >= 11 is 4.45. The van der Waals surface area contributed by atoms with Crippen molar-refractivity contribution in [2.45, 2.75) is 6.10 Å². The van der Waals surface area contributed by atoms with Gasteiger partial charge in [0.15, 0.2) is 0 Å². The topological polar surface area (TPSA) is 32.3 Å². The third kappa shape index (κ3) is 2.98. The van der Waals surface area contributed by atoms with Crippen LogP contribution in [0.3, 0.4) is 0 Å². The Morgan fingerprint density at radius 2 is 2.08 bits per heavy atom. The molecule has 0 heterocycles. The molecule has 0 spiro atoms. The second-order valence-electron chi connectivity index (χ2n) is 2.38. The lowest BCUT2D eigenvalue weighted by Crippen LogP contribution is -2.19. The lowest BCUT2D eigenvalue weighted by Gasteiger charge is -2.06. The van der Waals surface area contributed by atoms with Crippen molar-refractivity contribution in [3.05, 3.63) is 30.3 Å². The summed E-state index contributed by atoms with van der Waals surface area (Å²) in [4.78, 5) is 0. The summed E-state index contributed by atoms with van der Waals surface area (Å²) in [6, 6.07) is 9.64. The molecule has 1 unspecified atom stereocenters. The van der Waals surface area contributed by atoms with Gasteiger partial charge in [-0.15, -0.1) is 0 Å². The molecule has 0 aliphatic heterocycles. The third-order valence-electron chi connectivity index (χ3n) is 1.41. The number of thiocarbonyl (C=S) groups is 1. The molecule has 2 nitrogen and oxygen atoms in total. The predicted molar refractivity (Wildman–Crippen MR) is 53.5 cm³/mol. The molecule has 0 fully saturated rings. The summed E-state index contributed by atoms with van der Waals surface area (Å²) in [6.07, 6.45) is -0.680. The summed E-state index contributed by atoms with van der Waals surface area (Å²) in [7, 11) is 0. The van der Waals surface area contributed by atoms with Crippen molar-refractivity contribution in [1.29, 1.82) is 0 Å². The van der Waals surface area contributed by atoms with Crippen molar-refractivity contribution in [2.75, 3.05) is 11.9 Å². The molecule has 0 aliphatic carbocycles. The first-order valence-corrected chi connectivity index (χ1v) is 4.08. The molecule has 63 valence electrons. The number of nitrogens with one attached hydrogen (secondary N) is 1. The molecular weight excluding hydrogens is 170 g/mol. The van der Waals surface area contributed by atoms with Crippen LogP contribution in [-0.2, 0) is 0 Å². The number of rotatable bonds is 4. The zero-order valence-corrected chi connectivity index (χ0v) is 7.34. The number of para-hydroxylation sites is 1. The molecular formula is C9H10NOS.